The van der Waals surface area contributed by atoms with E-state index in [4.69, 9.17) is 9.88 Å². The SMILES string of the molecule is Cc1ccc(C(C)C)cc1OCC(=O)NCc1ccc(S(N)(=O)=O)s1. The number of nitrogens with one attached hydrogen (secondary N) is 1. The molecule has 0 unspecified atom stereocenters. The van der Waals surface area contributed by atoms with Crippen LogP contribution in [0.25, 0.3) is 0 Å². The molecule has 25 heavy (non-hydrogen) atoms. The lowest BCUT2D eigenvalue weighted by Crippen LogP contribution is -2.28. The molecule has 6 nitrogen and oxygen atoms in total. The molecule has 3 N–H and O–H groups in total. The van der Waals surface area contributed by atoms with Crippen LogP contribution in [0.2, 0.25) is 0 Å². The third kappa shape index (κ3) is 5.55. The molecule has 1 amide bonds. The van der Waals surface area contributed by atoms with Gasteiger partial charge >= 0.3 is 0 Å². The number of aryl methyl sites for hydroxylation is 1. The van der Waals surface area contributed by atoms with Crippen molar-refractivity contribution in [1.82, 2.24) is 5.32 Å². The average Bonchev–Trinajstić information content (AvgIpc) is 3.01. The van der Waals surface area contributed by atoms with E-state index in [0.29, 0.717) is 16.5 Å². The van der Waals surface area contributed by atoms with E-state index >= 15 is 0 Å². The lowest BCUT2D eigenvalue weighted by molar-refractivity contribution is -0.123. The zero-order valence-electron chi connectivity index (χ0n) is 14.4. The summed E-state index contributed by atoms with van der Waals surface area (Å²) >= 11 is 1.04. The third-order valence-corrected chi connectivity index (χ3v) is 6.14. The zero-order chi connectivity index (χ0) is 18.6. The van der Waals surface area contributed by atoms with Gasteiger partial charge in [0.1, 0.15) is 9.96 Å². The maximum atomic E-state index is 11.9. The number of hydrogen-bond acceptors (Lipinski definition) is 5. The number of hydrogen-bond donors (Lipinski definition) is 2. The molecule has 2 rings (SSSR count). The Morgan fingerprint density at radius 3 is 2.60 bits per heavy atom. The summed E-state index contributed by atoms with van der Waals surface area (Å²) in [5.74, 6) is 0.789. The number of thiophene rings is 1. The van der Waals surface area contributed by atoms with Crippen LogP contribution in [0.5, 0.6) is 5.75 Å². The van der Waals surface area contributed by atoms with Crippen LogP contribution in [0, 0.1) is 6.92 Å². The Bertz CT molecular complexity index is 857. The smallest absolute Gasteiger partial charge is 0.258 e. The Hall–Kier alpha value is -1.90. The van der Waals surface area contributed by atoms with Crippen molar-refractivity contribution < 1.29 is 17.9 Å². The summed E-state index contributed by atoms with van der Waals surface area (Å²) < 4.78 is 28.2. The van der Waals surface area contributed by atoms with Gasteiger partial charge in [0.2, 0.25) is 10.0 Å². The van der Waals surface area contributed by atoms with Gasteiger partial charge in [-0.2, -0.15) is 0 Å². The minimum absolute atomic E-state index is 0.0779. The van der Waals surface area contributed by atoms with Crippen molar-refractivity contribution >= 4 is 27.3 Å². The molecule has 1 aromatic carbocycles. The van der Waals surface area contributed by atoms with E-state index in [2.05, 4.69) is 19.2 Å². The molecule has 0 saturated carbocycles. The fraction of sp³-hybridized carbons (Fsp3) is 0.353. The van der Waals surface area contributed by atoms with Crippen molar-refractivity contribution in [3.05, 3.63) is 46.3 Å². The van der Waals surface area contributed by atoms with Gasteiger partial charge in [0.15, 0.2) is 6.61 Å². The van der Waals surface area contributed by atoms with E-state index in [0.717, 1.165) is 22.5 Å². The number of amides is 1. The standard InChI is InChI=1S/C17H22N2O4S2/c1-11(2)13-5-4-12(3)15(8-13)23-10-16(20)19-9-14-6-7-17(24-14)25(18,21)22/h4-8,11H,9-10H2,1-3H3,(H,19,20)(H2,18,21,22). The molecule has 1 heterocycles. The summed E-state index contributed by atoms with van der Waals surface area (Å²) in [4.78, 5) is 12.7. The van der Waals surface area contributed by atoms with Crippen LogP contribution < -0.4 is 15.2 Å². The Morgan fingerprint density at radius 1 is 1.28 bits per heavy atom. The molecule has 0 aliphatic carbocycles. The molecule has 0 atom stereocenters. The van der Waals surface area contributed by atoms with Crippen LogP contribution in [0.3, 0.4) is 0 Å². The van der Waals surface area contributed by atoms with E-state index in [-0.39, 0.29) is 23.3 Å². The molecule has 0 fully saturated rings. The first-order valence-corrected chi connectivity index (χ1v) is 10.1. The molecular weight excluding hydrogens is 360 g/mol. The summed E-state index contributed by atoms with van der Waals surface area (Å²) in [7, 11) is -3.70. The van der Waals surface area contributed by atoms with E-state index in [1.165, 1.54) is 6.07 Å². The topological polar surface area (TPSA) is 98.5 Å². The van der Waals surface area contributed by atoms with Crippen molar-refractivity contribution in [2.24, 2.45) is 5.14 Å². The second-order valence-electron chi connectivity index (χ2n) is 6.01. The number of ether oxygens (including phenoxy) is 1. The van der Waals surface area contributed by atoms with Gasteiger partial charge in [0.05, 0.1) is 6.54 Å². The van der Waals surface area contributed by atoms with E-state index in [1.807, 2.05) is 25.1 Å². The number of primary sulfonamides is 1. The molecule has 8 heteroatoms. The zero-order valence-corrected chi connectivity index (χ0v) is 16.0. The van der Waals surface area contributed by atoms with Crippen molar-refractivity contribution in [3.8, 4) is 5.75 Å². The van der Waals surface area contributed by atoms with Gasteiger partial charge in [-0.15, -0.1) is 11.3 Å². The summed E-state index contributed by atoms with van der Waals surface area (Å²) in [6.07, 6.45) is 0. The van der Waals surface area contributed by atoms with Crippen molar-refractivity contribution in [1.29, 1.82) is 0 Å². The van der Waals surface area contributed by atoms with Crippen LogP contribution in [-0.4, -0.2) is 20.9 Å². The summed E-state index contributed by atoms with van der Waals surface area (Å²) in [6.45, 7) is 6.25. The van der Waals surface area contributed by atoms with Gasteiger partial charge in [-0.25, -0.2) is 13.6 Å². The third-order valence-electron chi connectivity index (χ3n) is 3.61. The number of sulfonamides is 1. The number of benzene rings is 1. The number of rotatable bonds is 7. The highest BCUT2D eigenvalue weighted by atomic mass is 32.2. The summed E-state index contributed by atoms with van der Waals surface area (Å²) in [5, 5.41) is 7.76. The minimum atomic E-state index is -3.70. The van der Waals surface area contributed by atoms with Gasteiger partial charge in [-0.1, -0.05) is 26.0 Å². The number of nitrogens with two attached hydrogens (primary N) is 1. The molecule has 136 valence electrons. The Kier molecular flexibility index (Phi) is 6.21. The Morgan fingerprint density at radius 2 is 2.00 bits per heavy atom. The Balaban J connectivity index is 1.89. The fourth-order valence-corrected chi connectivity index (χ4v) is 3.84. The van der Waals surface area contributed by atoms with Crippen LogP contribution in [-0.2, 0) is 21.4 Å². The predicted molar refractivity (Wildman–Crippen MR) is 98.3 cm³/mol. The highest BCUT2D eigenvalue weighted by Crippen LogP contribution is 2.24. The first-order chi connectivity index (χ1) is 11.7. The fourth-order valence-electron chi connectivity index (χ4n) is 2.12. The quantitative estimate of drug-likeness (QED) is 0.769. The molecule has 0 radical (unpaired) electrons. The van der Waals surface area contributed by atoms with E-state index in [1.54, 1.807) is 6.07 Å². The van der Waals surface area contributed by atoms with Gasteiger partial charge in [0.25, 0.3) is 5.91 Å². The molecular formula is C17H22N2O4S2. The van der Waals surface area contributed by atoms with Crippen molar-refractivity contribution in [2.45, 2.75) is 37.4 Å². The molecule has 0 aliphatic heterocycles. The lowest BCUT2D eigenvalue weighted by atomic mass is 10.0. The van der Waals surface area contributed by atoms with Crippen LogP contribution in [0.1, 0.15) is 35.8 Å². The maximum absolute atomic E-state index is 11.9. The van der Waals surface area contributed by atoms with E-state index < -0.39 is 10.0 Å². The van der Waals surface area contributed by atoms with Crippen LogP contribution in [0.15, 0.2) is 34.5 Å². The Labute approximate surface area is 152 Å². The second kappa shape index (κ2) is 7.99. The number of carbonyl (C=O) groups excluding carboxylic acids is 1. The average molecular weight is 383 g/mol. The monoisotopic (exact) mass is 382 g/mol. The predicted octanol–water partition coefficient (Wildman–Crippen LogP) is 2.52. The summed E-state index contributed by atoms with van der Waals surface area (Å²) in [5.41, 5.74) is 2.11. The molecule has 0 bridgehead atoms. The second-order valence-corrected chi connectivity index (χ2v) is 8.97. The minimum Gasteiger partial charge on any atom is -0.483 e. The van der Waals surface area contributed by atoms with Crippen molar-refractivity contribution in [2.75, 3.05) is 6.61 Å². The molecule has 2 aromatic rings. The van der Waals surface area contributed by atoms with Gasteiger partial charge < -0.3 is 10.1 Å². The summed E-state index contributed by atoms with van der Waals surface area (Å²) in [6, 6.07) is 9.03. The first-order valence-electron chi connectivity index (χ1n) is 7.78. The lowest BCUT2D eigenvalue weighted by Gasteiger charge is -2.12. The van der Waals surface area contributed by atoms with Gasteiger partial charge in [-0.3, -0.25) is 4.79 Å². The van der Waals surface area contributed by atoms with Gasteiger partial charge in [-0.05, 0) is 42.2 Å². The number of carbonyl (C=O) groups is 1. The molecule has 0 aliphatic rings. The normalized spacial score (nSPS) is 11.6. The highest BCUT2D eigenvalue weighted by Gasteiger charge is 2.12. The highest BCUT2D eigenvalue weighted by molar-refractivity contribution is 7.91. The first kappa shape index (κ1) is 19.4. The molecule has 1 aromatic heterocycles. The van der Waals surface area contributed by atoms with E-state index in [9.17, 15) is 13.2 Å². The van der Waals surface area contributed by atoms with Crippen LogP contribution >= 0.6 is 11.3 Å². The van der Waals surface area contributed by atoms with Crippen LogP contribution in [0.4, 0.5) is 0 Å². The van der Waals surface area contributed by atoms with Gasteiger partial charge in [0, 0.05) is 4.88 Å². The largest absolute Gasteiger partial charge is 0.483 e. The molecule has 0 saturated heterocycles. The van der Waals surface area contributed by atoms with Crippen molar-refractivity contribution in [3.63, 3.8) is 0 Å². The molecule has 0 spiro atoms. The maximum Gasteiger partial charge on any atom is 0.258 e.